The number of oxime groups is 2. The average molecular weight is 209 g/mol. The molecule has 2 atom stereocenters. The van der Waals surface area contributed by atoms with Crippen LogP contribution in [0.5, 0.6) is 0 Å². The van der Waals surface area contributed by atoms with E-state index in [0.717, 1.165) is 0 Å². The molecule has 5 heteroatoms. The minimum Gasteiger partial charge on any atom is -0.411 e. The van der Waals surface area contributed by atoms with Crippen molar-refractivity contribution in [3.63, 3.8) is 0 Å². The Hall–Kier alpha value is -1.57. The number of hydrogen-bond acceptors (Lipinski definition) is 5. The Morgan fingerprint density at radius 3 is 2.40 bits per heavy atom. The van der Waals surface area contributed by atoms with Gasteiger partial charge in [0.25, 0.3) is 0 Å². The first-order valence-electron chi connectivity index (χ1n) is 4.78. The van der Waals surface area contributed by atoms with Gasteiger partial charge in [-0.2, -0.15) is 5.26 Å². The molecule has 0 aliphatic heterocycles. The van der Waals surface area contributed by atoms with Crippen molar-refractivity contribution in [3.05, 3.63) is 0 Å². The Morgan fingerprint density at radius 1 is 1.40 bits per heavy atom. The molecule has 1 saturated carbocycles. The van der Waals surface area contributed by atoms with Gasteiger partial charge < -0.3 is 10.4 Å². The van der Waals surface area contributed by atoms with Gasteiger partial charge in [-0.3, -0.25) is 0 Å². The smallest absolute Gasteiger partial charge is 0.108 e. The van der Waals surface area contributed by atoms with Gasteiger partial charge in [0.15, 0.2) is 0 Å². The molecule has 0 amide bonds. The number of nitriles is 1. The summed E-state index contributed by atoms with van der Waals surface area (Å²) in [5.41, 5.74) is 0.613. The summed E-state index contributed by atoms with van der Waals surface area (Å²) in [5, 5.41) is 32.3. The topological polar surface area (TPSA) is 89.0 Å². The lowest BCUT2D eigenvalue weighted by Gasteiger charge is -2.03. The molecule has 0 aromatic carbocycles. The van der Waals surface area contributed by atoms with E-state index in [9.17, 15) is 0 Å². The van der Waals surface area contributed by atoms with Crippen LogP contribution in [0.15, 0.2) is 10.3 Å². The highest BCUT2D eigenvalue weighted by atomic mass is 16.4. The normalized spacial score (nSPS) is 29.7. The fraction of sp³-hybridized carbons (Fsp3) is 0.700. The first-order valence-corrected chi connectivity index (χ1v) is 4.78. The van der Waals surface area contributed by atoms with Gasteiger partial charge in [0.2, 0.25) is 0 Å². The molecule has 0 saturated heterocycles. The maximum absolute atomic E-state index is 8.87. The lowest BCUT2D eigenvalue weighted by atomic mass is 10.0. The van der Waals surface area contributed by atoms with Gasteiger partial charge in [-0.15, -0.1) is 0 Å². The molecule has 0 aromatic rings. The van der Waals surface area contributed by atoms with Gasteiger partial charge in [-0.1, -0.05) is 24.2 Å². The van der Waals surface area contributed by atoms with Crippen LogP contribution in [0.25, 0.3) is 0 Å². The van der Waals surface area contributed by atoms with E-state index >= 15 is 0 Å². The van der Waals surface area contributed by atoms with Gasteiger partial charge in [0.05, 0.1) is 6.07 Å². The summed E-state index contributed by atoms with van der Waals surface area (Å²) in [4.78, 5) is 0. The molecule has 1 fully saturated rings. The van der Waals surface area contributed by atoms with Gasteiger partial charge in [-0.05, 0) is 18.3 Å². The molecule has 0 unspecified atom stereocenters. The summed E-state index contributed by atoms with van der Waals surface area (Å²) in [6.07, 6.45) is 0.426. The largest absolute Gasteiger partial charge is 0.411 e. The molecule has 5 nitrogen and oxygen atoms in total. The highest BCUT2D eigenvalue weighted by Crippen LogP contribution is 2.60. The van der Waals surface area contributed by atoms with Gasteiger partial charge in [0, 0.05) is 12.3 Å². The second-order valence-corrected chi connectivity index (χ2v) is 4.44. The Labute approximate surface area is 88.7 Å². The third-order valence-electron chi connectivity index (χ3n) is 3.28. The molecule has 0 aromatic heterocycles. The molecule has 0 bridgehead atoms. The Kier molecular flexibility index (Phi) is 2.98. The molecule has 1 aliphatic rings. The van der Waals surface area contributed by atoms with Gasteiger partial charge in [0.1, 0.15) is 11.4 Å². The maximum Gasteiger partial charge on any atom is 0.108 e. The fourth-order valence-corrected chi connectivity index (χ4v) is 2.18. The van der Waals surface area contributed by atoms with E-state index in [4.69, 9.17) is 15.7 Å². The van der Waals surface area contributed by atoms with Crippen LogP contribution in [0.2, 0.25) is 0 Å². The molecule has 82 valence electrons. The van der Waals surface area contributed by atoms with E-state index < -0.39 is 0 Å². The monoisotopic (exact) mass is 209 g/mol. The van der Waals surface area contributed by atoms with Crippen LogP contribution < -0.4 is 0 Å². The summed E-state index contributed by atoms with van der Waals surface area (Å²) in [6.45, 7) is 5.60. The van der Waals surface area contributed by atoms with Crippen LogP contribution in [0.1, 0.15) is 27.2 Å². The summed E-state index contributed by atoms with van der Waals surface area (Å²) >= 11 is 0. The molecular formula is C10H15N3O2. The van der Waals surface area contributed by atoms with Crippen molar-refractivity contribution in [2.24, 2.45) is 27.6 Å². The van der Waals surface area contributed by atoms with Crippen LogP contribution in [0, 0.1) is 28.6 Å². The number of nitrogens with zero attached hydrogens (tertiary/aromatic N) is 3. The predicted molar refractivity (Wildman–Crippen MR) is 55.1 cm³/mol. The summed E-state index contributed by atoms with van der Waals surface area (Å²) in [7, 11) is 0. The molecular weight excluding hydrogens is 194 g/mol. The minimum atomic E-state index is -0.0662. The summed E-state index contributed by atoms with van der Waals surface area (Å²) in [5.74, 6) is 0.170. The summed E-state index contributed by atoms with van der Waals surface area (Å²) in [6, 6.07) is 2.11. The quantitative estimate of drug-likeness (QED) is 0.422. The molecule has 1 aliphatic carbocycles. The van der Waals surface area contributed by atoms with Crippen LogP contribution in [-0.2, 0) is 0 Å². The molecule has 15 heavy (non-hydrogen) atoms. The lowest BCUT2D eigenvalue weighted by molar-refractivity contribution is 0.312. The molecule has 0 heterocycles. The standard InChI is InChI=1S/C10H15N3O2/c1-6(12-14)9(13-15)8-7(4-5-11)10(8,2)3/h7-8,14-15H,4H2,1-3H3/b12-6-,13-9-/t7-,8+/m1/s1. The second kappa shape index (κ2) is 3.89. The zero-order valence-corrected chi connectivity index (χ0v) is 9.10. The molecule has 1 rings (SSSR count). The number of rotatable bonds is 3. The van der Waals surface area contributed by atoms with E-state index in [1.165, 1.54) is 0 Å². The highest BCUT2D eigenvalue weighted by Gasteiger charge is 2.60. The Morgan fingerprint density at radius 2 is 2.00 bits per heavy atom. The van der Waals surface area contributed by atoms with Crippen molar-refractivity contribution in [2.45, 2.75) is 27.2 Å². The van der Waals surface area contributed by atoms with Crippen molar-refractivity contribution >= 4 is 11.4 Å². The van der Waals surface area contributed by atoms with E-state index in [-0.39, 0.29) is 17.3 Å². The average Bonchev–Trinajstić information content (AvgIpc) is 2.71. The van der Waals surface area contributed by atoms with Crippen LogP contribution in [-0.4, -0.2) is 21.8 Å². The van der Waals surface area contributed by atoms with E-state index in [0.29, 0.717) is 17.8 Å². The zero-order chi connectivity index (χ0) is 11.6. The van der Waals surface area contributed by atoms with Crippen LogP contribution in [0.4, 0.5) is 0 Å². The zero-order valence-electron chi connectivity index (χ0n) is 9.10. The molecule has 2 N–H and O–H groups in total. The van der Waals surface area contributed by atoms with Crippen molar-refractivity contribution in [1.29, 1.82) is 5.26 Å². The van der Waals surface area contributed by atoms with E-state index in [1.54, 1.807) is 6.92 Å². The second-order valence-electron chi connectivity index (χ2n) is 4.44. The minimum absolute atomic E-state index is 0.00181. The third kappa shape index (κ3) is 1.80. The summed E-state index contributed by atoms with van der Waals surface area (Å²) < 4.78 is 0. The van der Waals surface area contributed by atoms with Crippen molar-refractivity contribution in [2.75, 3.05) is 0 Å². The van der Waals surface area contributed by atoms with Crippen LogP contribution in [0.3, 0.4) is 0 Å². The fourth-order valence-electron chi connectivity index (χ4n) is 2.18. The number of hydrogen-bond donors (Lipinski definition) is 2. The Bertz CT molecular complexity index is 352. The van der Waals surface area contributed by atoms with E-state index in [1.807, 2.05) is 13.8 Å². The Balaban J connectivity index is 2.88. The van der Waals surface area contributed by atoms with E-state index in [2.05, 4.69) is 16.4 Å². The van der Waals surface area contributed by atoms with Crippen molar-refractivity contribution in [1.82, 2.24) is 0 Å². The maximum atomic E-state index is 8.87. The van der Waals surface area contributed by atoms with Crippen molar-refractivity contribution in [3.8, 4) is 6.07 Å². The predicted octanol–water partition coefficient (Wildman–Crippen LogP) is 1.85. The molecule has 0 spiro atoms. The van der Waals surface area contributed by atoms with Gasteiger partial charge >= 0.3 is 0 Å². The van der Waals surface area contributed by atoms with Crippen molar-refractivity contribution < 1.29 is 10.4 Å². The first-order chi connectivity index (χ1) is 7.00. The highest BCUT2D eigenvalue weighted by molar-refractivity contribution is 6.42. The SMILES string of the molecule is CC(=N/O)/C(=N/O)[C@@H]1[C@@H](CC#N)C1(C)C. The first kappa shape index (κ1) is 11.5. The lowest BCUT2D eigenvalue weighted by Crippen LogP contribution is -2.16. The van der Waals surface area contributed by atoms with Gasteiger partial charge in [-0.25, -0.2) is 0 Å². The van der Waals surface area contributed by atoms with Crippen LogP contribution >= 0.6 is 0 Å². The molecule has 0 radical (unpaired) electrons. The third-order valence-corrected chi connectivity index (χ3v) is 3.28.